The van der Waals surface area contributed by atoms with Crippen molar-refractivity contribution in [2.75, 3.05) is 25.0 Å². The average Bonchev–Trinajstić information content (AvgIpc) is 2.84. The maximum Gasteiger partial charge on any atom is 0.335 e. The molecule has 104 valence electrons. The van der Waals surface area contributed by atoms with Crippen molar-refractivity contribution in [3.8, 4) is 0 Å². The van der Waals surface area contributed by atoms with E-state index in [0.29, 0.717) is 11.6 Å². The zero-order chi connectivity index (χ0) is 13.8. The largest absolute Gasteiger partial charge is 0.478 e. The van der Waals surface area contributed by atoms with Gasteiger partial charge in [-0.05, 0) is 56.6 Å². The Balaban J connectivity index is 1.98. The van der Waals surface area contributed by atoms with Crippen molar-refractivity contribution < 1.29 is 9.90 Å². The monoisotopic (exact) mass is 262 g/mol. The molecule has 1 heterocycles. The molecule has 1 aromatic carbocycles. The number of carboxylic acid groups (broad SMARTS) is 1. The molecule has 1 fully saturated rings. The van der Waals surface area contributed by atoms with Crippen LogP contribution in [0.1, 0.15) is 35.7 Å². The normalized spacial score (nSPS) is 19.6. The van der Waals surface area contributed by atoms with Crippen molar-refractivity contribution in [3.63, 3.8) is 0 Å². The standard InChI is InChI=1S/C15H22N2O2/c1-3-17-8-4-5-13(17)10-16-14-7-6-12(15(18)19)9-11(14)2/h6-7,9,13,16H,3-5,8,10H2,1-2H3,(H,18,19). The van der Waals surface area contributed by atoms with E-state index in [4.69, 9.17) is 5.11 Å². The fourth-order valence-corrected chi connectivity index (χ4v) is 2.77. The van der Waals surface area contributed by atoms with Crippen LogP contribution in [0.4, 0.5) is 5.69 Å². The molecule has 19 heavy (non-hydrogen) atoms. The summed E-state index contributed by atoms with van der Waals surface area (Å²) in [6.45, 7) is 7.37. The summed E-state index contributed by atoms with van der Waals surface area (Å²) >= 11 is 0. The van der Waals surface area contributed by atoms with Gasteiger partial charge in [0.2, 0.25) is 0 Å². The van der Waals surface area contributed by atoms with Crippen LogP contribution in [-0.2, 0) is 0 Å². The minimum absolute atomic E-state index is 0.346. The molecular weight excluding hydrogens is 240 g/mol. The summed E-state index contributed by atoms with van der Waals surface area (Å²) in [7, 11) is 0. The molecule has 0 saturated carbocycles. The Labute approximate surface area is 114 Å². The molecule has 1 aliphatic rings. The van der Waals surface area contributed by atoms with Crippen LogP contribution in [0.3, 0.4) is 0 Å². The number of likely N-dealkylation sites (N-methyl/N-ethyl adjacent to an activating group) is 1. The van der Waals surface area contributed by atoms with Crippen molar-refractivity contribution in [1.29, 1.82) is 0 Å². The molecule has 1 aliphatic heterocycles. The Morgan fingerprint density at radius 2 is 2.32 bits per heavy atom. The van der Waals surface area contributed by atoms with E-state index in [1.54, 1.807) is 12.1 Å². The van der Waals surface area contributed by atoms with E-state index in [0.717, 1.165) is 24.3 Å². The number of nitrogens with one attached hydrogen (secondary N) is 1. The lowest BCUT2D eigenvalue weighted by Crippen LogP contribution is -2.34. The van der Waals surface area contributed by atoms with Crippen LogP contribution < -0.4 is 5.32 Å². The minimum atomic E-state index is -0.873. The van der Waals surface area contributed by atoms with E-state index in [2.05, 4.69) is 17.1 Å². The van der Waals surface area contributed by atoms with Gasteiger partial charge in [-0.3, -0.25) is 4.90 Å². The summed E-state index contributed by atoms with van der Waals surface area (Å²) in [5, 5.41) is 12.4. The fraction of sp³-hybridized carbons (Fsp3) is 0.533. The second kappa shape index (κ2) is 6.06. The average molecular weight is 262 g/mol. The van der Waals surface area contributed by atoms with Gasteiger partial charge in [0.1, 0.15) is 0 Å². The van der Waals surface area contributed by atoms with Gasteiger partial charge in [-0.15, -0.1) is 0 Å². The van der Waals surface area contributed by atoms with Crippen molar-refractivity contribution in [2.45, 2.75) is 32.7 Å². The maximum atomic E-state index is 10.9. The first-order valence-electron chi connectivity index (χ1n) is 6.93. The molecule has 1 aromatic rings. The SMILES string of the molecule is CCN1CCCC1CNc1ccc(C(=O)O)cc1C. The van der Waals surface area contributed by atoms with E-state index in [9.17, 15) is 4.79 Å². The molecule has 4 nitrogen and oxygen atoms in total. The predicted molar refractivity (Wildman–Crippen MR) is 76.9 cm³/mol. The van der Waals surface area contributed by atoms with Gasteiger partial charge >= 0.3 is 5.97 Å². The first-order valence-corrected chi connectivity index (χ1v) is 6.93. The van der Waals surface area contributed by atoms with Gasteiger partial charge in [-0.25, -0.2) is 4.79 Å². The molecule has 1 atom stereocenters. The van der Waals surface area contributed by atoms with Crippen molar-refractivity contribution in [1.82, 2.24) is 4.90 Å². The summed E-state index contributed by atoms with van der Waals surface area (Å²) in [5.41, 5.74) is 2.37. The summed E-state index contributed by atoms with van der Waals surface area (Å²) in [4.78, 5) is 13.4. The number of benzene rings is 1. The van der Waals surface area contributed by atoms with Crippen LogP contribution in [0.25, 0.3) is 0 Å². The van der Waals surface area contributed by atoms with Crippen LogP contribution in [0.15, 0.2) is 18.2 Å². The third-order valence-corrected chi connectivity index (χ3v) is 3.91. The lowest BCUT2D eigenvalue weighted by Gasteiger charge is -2.23. The highest BCUT2D eigenvalue weighted by atomic mass is 16.4. The van der Waals surface area contributed by atoms with E-state index < -0.39 is 5.97 Å². The lowest BCUT2D eigenvalue weighted by atomic mass is 10.1. The second-order valence-corrected chi connectivity index (χ2v) is 5.14. The molecule has 0 spiro atoms. The number of carboxylic acids is 1. The number of nitrogens with zero attached hydrogens (tertiary/aromatic N) is 1. The summed E-state index contributed by atoms with van der Waals surface area (Å²) in [5.74, 6) is -0.873. The summed E-state index contributed by atoms with van der Waals surface area (Å²) in [6, 6.07) is 5.84. The zero-order valence-electron chi connectivity index (χ0n) is 11.6. The first kappa shape index (κ1) is 13.9. The number of likely N-dealkylation sites (tertiary alicyclic amines) is 1. The molecule has 0 aromatic heterocycles. The van der Waals surface area contributed by atoms with Crippen LogP contribution in [0.2, 0.25) is 0 Å². The Hall–Kier alpha value is -1.55. The summed E-state index contributed by atoms with van der Waals surface area (Å²) < 4.78 is 0. The molecule has 2 N–H and O–H groups in total. The lowest BCUT2D eigenvalue weighted by molar-refractivity contribution is 0.0697. The molecule has 0 aliphatic carbocycles. The Kier molecular flexibility index (Phi) is 4.43. The van der Waals surface area contributed by atoms with Crippen LogP contribution in [-0.4, -0.2) is 41.7 Å². The number of hydrogen-bond donors (Lipinski definition) is 2. The van der Waals surface area contributed by atoms with Gasteiger partial charge in [-0.2, -0.15) is 0 Å². The van der Waals surface area contributed by atoms with Gasteiger partial charge in [0.05, 0.1) is 5.56 Å². The van der Waals surface area contributed by atoms with E-state index >= 15 is 0 Å². The number of anilines is 1. The Morgan fingerprint density at radius 1 is 1.53 bits per heavy atom. The molecule has 1 unspecified atom stereocenters. The number of aryl methyl sites for hydroxylation is 1. The van der Waals surface area contributed by atoms with Gasteiger partial charge in [-0.1, -0.05) is 6.92 Å². The maximum absolute atomic E-state index is 10.9. The quantitative estimate of drug-likeness (QED) is 0.856. The van der Waals surface area contributed by atoms with Crippen molar-refractivity contribution in [2.24, 2.45) is 0 Å². The molecule has 0 bridgehead atoms. The van der Waals surface area contributed by atoms with Gasteiger partial charge < -0.3 is 10.4 Å². The number of aromatic carboxylic acids is 1. The summed E-state index contributed by atoms with van der Waals surface area (Å²) in [6.07, 6.45) is 2.52. The number of hydrogen-bond acceptors (Lipinski definition) is 3. The van der Waals surface area contributed by atoms with Crippen LogP contribution in [0.5, 0.6) is 0 Å². The highest BCUT2D eigenvalue weighted by Gasteiger charge is 2.22. The number of rotatable bonds is 5. The third-order valence-electron chi connectivity index (χ3n) is 3.91. The fourth-order valence-electron chi connectivity index (χ4n) is 2.77. The van der Waals surface area contributed by atoms with E-state index in [1.807, 2.05) is 13.0 Å². The molecule has 1 saturated heterocycles. The van der Waals surface area contributed by atoms with Gasteiger partial charge in [0, 0.05) is 18.3 Å². The zero-order valence-corrected chi connectivity index (χ0v) is 11.6. The minimum Gasteiger partial charge on any atom is -0.478 e. The number of carbonyl (C=O) groups is 1. The van der Waals surface area contributed by atoms with Crippen molar-refractivity contribution in [3.05, 3.63) is 29.3 Å². The molecule has 0 amide bonds. The molecule has 2 rings (SSSR count). The topological polar surface area (TPSA) is 52.6 Å². The van der Waals surface area contributed by atoms with Gasteiger partial charge in [0.25, 0.3) is 0 Å². The highest BCUT2D eigenvalue weighted by molar-refractivity contribution is 5.88. The second-order valence-electron chi connectivity index (χ2n) is 5.14. The van der Waals surface area contributed by atoms with Crippen LogP contribution in [0, 0.1) is 6.92 Å². The van der Waals surface area contributed by atoms with E-state index in [1.165, 1.54) is 19.4 Å². The predicted octanol–water partition coefficient (Wildman–Crippen LogP) is 2.59. The highest BCUT2D eigenvalue weighted by Crippen LogP contribution is 2.20. The molecular formula is C15H22N2O2. The Bertz CT molecular complexity index is 459. The Morgan fingerprint density at radius 3 is 2.95 bits per heavy atom. The molecule has 0 radical (unpaired) electrons. The van der Waals surface area contributed by atoms with Crippen molar-refractivity contribution >= 4 is 11.7 Å². The smallest absolute Gasteiger partial charge is 0.335 e. The van der Waals surface area contributed by atoms with Crippen LogP contribution >= 0.6 is 0 Å². The molecule has 4 heteroatoms. The first-order chi connectivity index (χ1) is 9.11. The third kappa shape index (κ3) is 3.26. The van der Waals surface area contributed by atoms with E-state index in [-0.39, 0.29) is 0 Å². The van der Waals surface area contributed by atoms with Gasteiger partial charge in [0.15, 0.2) is 0 Å².